The van der Waals surface area contributed by atoms with E-state index in [0.29, 0.717) is 53.5 Å². The fourth-order valence-corrected chi connectivity index (χ4v) is 7.76. The van der Waals surface area contributed by atoms with Crippen LogP contribution in [-0.4, -0.2) is 87.7 Å². The first-order valence-corrected chi connectivity index (χ1v) is 15.9. The third-order valence-electron chi connectivity index (χ3n) is 10.2. The molecule has 0 bridgehead atoms. The van der Waals surface area contributed by atoms with E-state index in [2.05, 4.69) is 27.4 Å². The SMILES string of the molecule is C#Cc1c(F)ccc2cccc(-c3ncc4c(N(C)[C@H]5C[C@@H](C)N(C(=O)C=C)C5)nc(OC[C@@]56CCCN5C[C@H](F)C6)nc4c3F)c12. The molecule has 3 aliphatic heterocycles. The molecule has 3 aliphatic rings. The molecule has 47 heavy (non-hydrogen) atoms. The number of nitrogens with zero attached hydrogens (tertiary/aromatic N) is 6. The van der Waals surface area contributed by atoms with Gasteiger partial charge in [0.1, 0.15) is 35.6 Å². The first kappa shape index (κ1) is 30.9. The zero-order valence-corrected chi connectivity index (χ0v) is 26.3. The molecule has 2 aromatic heterocycles. The van der Waals surface area contributed by atoms with Crippen LogP contribution in [0.2, 0.25) is 0 Å². The molecule has 0 unspecified atom stereocenters. The highest BCUT2D eigenvalue weighted by atomic mass is 19.1. The van der Waals surface area contributed by atoms with Crippen LogP contribution in [0.15, 0.2) is 49.2 Å². The molecule has 2 aromatic carbocycles. The average Bonchev–Trinajstić information content (AvgIpc) is 3.74. The third-order valence-corrected chi connectivity index (χ3v) is 10.2. The van der Waals surface area contributed by atoms with E-state index < -0.39 is 23.3 Å². The highest BCUT2D eigenvalue weighted by Gasteiger charge is 2.49. The maximum atomic E-state index is 16.8. The van der Waals surface area contributed by atoms with E-state index in [-0.39, 0.29) is 47.4 Å². The van der Waals surface area contributed by atoms with Crippen molar-refractivity contribution >= 4 is 33.4 Å². The van der Waals surface area contributed by atoms with Crippen molar-refractivity contribution in [3.63, 3.8) is 0 Å². The van der Waals surface area contributed by atoms with Crippen molar-refractivity contribution in [3.8, 4) is 29.6 Å². The maximum absolute atomic E-state index is 16.8. The molecule has 1 amide bonds. The lowest BCUT2D eigenvalue weighted by Gasteiger charge is -2.31. The Kier molecular flexibility index (Phi) is 7.79. The second kappa shape index (κ2) is 11.8. The van der Waals surface area contributed by atoms with Crippen LogP contribution < -0.4 is 9.64 Å². The zero-order valence-electron chi connectivity index (χ0n) is 26.3. The Morgan fingerprint density at radius 3 is 2.87 bits per heavy atom. The second-order valence-corrected chi connectivity index (χ2v) is 12.9. The number of fused-ring (bicyclic) bond motifs is 3. The number of hydrogen-bond acceptors (Lipinski definition) is 7. The summed E-state index contributed by atoms with van der Waals surface area (Å²) < 4.78 is 52.3. The van der Waals surface area contributed by atoms with Gasteiger partial charge >= 0.3 is 6.01 Å². The number of likely N-dealkylation sites (N-methyl/N-ethyl adjacent to an activating group) is 1. The molecule has 8 nitrogen and oxygen atoms in total. The van der Waals surface area contributed by atoms with Crippen LogP contribution in [0.25, 0.3) is 32.9 Å². The monoisotopic (exact) mass is 640 g/mol. The molecule has 3 saturated heterocycles. The summed E-state index contributed by atoms with van der Waals surface area (Å²) in [5, 5.41) is 1.36. The van der Waals surface area contributed by atoms with Gasteiger partial charge in [-0.2, -0.15) is 9.97 Å². The van der Waals surface area contributed by atoms with E-state index in [1.165, 1.54) is 18.3 Å². The van der Waals surface area contributed by atoms with Gasteiger partial charge in [0, 0.05) is 55.8 Å². The van der Waals surface area contributed by atoms with Crippen molar-refractivity contribution < 1.29 is 22.7 Å². The lowest BCUT2D eigenvalue weighted by atomic mass is 9.95. The summed E-state index contributed by atoms with van der Waals surface area (Å²) in [5.74, 6) is 1.31. The number of anilines is 1. The Bertz CT molecular complexity index is 1960. The third kappa shape index (κ3) is 5.15. The Labute approximate surface area is 271 Å². The van der Waals surface area contributed by atoms with Crippen molar-refractivity contribution in [1.82, 2.24) is 24.8 Å². The predicted molar refractivity (Wildman–Crippen MR) is 175 cm³/mol. The van der Waals surface area contributed by atoms with Crippen LogP contribution in [0.5, 0.6) is 6.01 Å². The molecule has 0 saturated carbocycles. The molecule has 4 atom stereocenters. The summed E-state index contributed by atoms with van der Waals surface area (Å²) in [6.07, 6.45) is 10.3. The van der Waals surface area contributed by atoms with Gasteiger partial charge in [-0.15, -0.1) is 6.42 Å². The largest absolute Gasteiger partial charge is 0.461 e. The number of pyridine rings is 1. The molecule has 11 heteroatoms. The summed E-state index contributed by atoms with van der Waals surface area (Å²) >= 11 is 0. The van der Waals surface area contributed by atoms with Crippen LogP contribution >= 0.6 is 0 Å². The normalized spacial score (nSPS) is 24.1. The van der Waals surface area contributed by atoms with E-state index in [9.17, 15) is 13.6 Å². The van der Waals surface area contributed by atoms with E-state index >= 15 is 4.39 Å². The number of halogens is 3. The van der Waals surface area contributed by atoms with Crippen molar-refractivity contribution in [2.75, 3.05) is 38.2 Å². The van der Waals surface area contributed by atoms with Crippen LogP contribution in [0, 0.1) is 24.0 Å². The van der Waals surface area contributed by atoms with Gasteiger partial charge in [-0.1, -0.05) is 36.8 Å². The highest BCUT2D eigenvalue weighted by Crippen LogP contribution is 2.41. The maximum Gasteiger partial charge on any atom is 0.319 e. The summed E-state index contributed by atoms with van der Waals surface area (Å²) in [6.45, 7) is 7.35. The summed E-state index contributed by atoms with van der Waals surface area (Å²) in [6, 6.07) is 7.81. The van der Waals surface area contributed by atoms with Crippen molar-refractivity contribution in [2.45, 2.75) is 56.4 Å². The summed E-state index contributed by atoms with van der Waals surface area (Å²) in [5.41, 5.74) is -0.190. The molecule has 0 aliphatic carbocycles. The molecule has 0 N–H and O–H groups in total. The fraction of sp³-hybridized carbons (Fsp3) is 0.389. The molecular weight excluding hydrogens is 605 g/mol. The van der Waals surface area contributed by atoms with Crippen molar-refractivity contribution in [2.24, 2.45) is 0 Å². The Hall–Kier alpha value is -4.69. The van der Waals surface area contributed by atoms with Crippen LogP contribution in [0.1, 0.15) is 38.2 Å². The molecule has 7 rings (SSSR count). The van der Waals surface area contributed by atoms with Gasteiger partial charge in [0.25, 0.3) is 0 Å². The number of ether oxygens (including phenoxy) is 1. The van der Waals surface area contributed by atoms with Gasteiger partial charge in [0.2, 0.25) is 5.91 Å². The van der Waals surface area contributed by atoms with Gasteiger partial charge in [-0.05, 0) is 50.3 Å². The number of carbonyl (C=O) groups excluding carboxylic acids is 1. The zero-order chi connectivity index (χ0) is 33.0. The smallest absolute Gasteiger partial charge is 0.319 e. The number of benzene rings is 2. The number of aromatic nitrogens is 3. The number of carbonyl (C=O) groups is 1. The lowest BCUT2D eigenvalue weighted by molar-refractivity contribution is -0.126. The Morgan fingerprint density at radius 2 is 2.09 bits per heavy atom. The standard InChI is InChI=1S/C36H35F3N6O2/c1-5-25-28(38)12-11-22-9-7-10-26(30(22)25)32-31(39)33-27(17-40-32)34(43(4)24-15-21(3)45(19-24)29(46)6-2)42-35(41-33)47-20-36-13-8-14-44(36)18-23(37)16-36/h1,6-7,9-12,17,21,23-24H,2,8,13-16,18-20H2,3-4H3/t21-,23-,24+,36+/m1/s1. The minimum atomic E-state index is -0.937. The van der Waals surface area contributed by atoms with Gasteiger partial charge < -0.3 is 14.5 Å². The van der Waals surface area contributed by atoms with Crippen molar-refractivity contribution in [3.05, 3.63) is 66.4 Å². The summed E-state index contributed by atoms with van der Waals surface area (Å²) in [7, 11) is 1.84. The quantitative estimate of drug-likeness (QED) is 0.190. The molecule has 5 heterocycles. The molecular formula is C36H35F3N6O2. The molecule has 4 aromatic rings. The number of hydrogen-bond donors (Lipinski definition) is 0. The van der Waals surface area contributed by atoms with Gasteiger partial charge in [0.05, 0.1) is 16.5 Å². The molecule has 242 valence electrons. The van der Waals surface area contributed by atoms with Gasteiger partial charge in [-0.3, -0.25) is 14.7 Å². The van der Waals surface area contributed by atoms with Crippen LogP contribution in [0.4, 0.5) is 19.0 Å². The number of amides is 1. The topological polar surface area (TPSA) is 74.7 Å². The summed E-state index contributed by atoms with van der Waals surface area (Å²) in [4.78, 5) is 32.1. The Morgan fingerprint density at radius 1 is 1.26 bits per heavy atom. The predicted octanol–water partition coefficient (Wildman–Crippen LogP) is 5.67. The first-order chi connectivity index (χ1) is 22.6. The van der Waals surface area contributed by atoms with E-state index in [4.69, 9.17) is 16.1 Å². The molecule has 0 radical (unpaired) electrons. The molecule has 3 fully saturated rings. The minimum Gasteiger partial charge on any atom is -0.461 e. The van der Waals surface area contributed by atoms with Crippen LogP contribution in [0.3, 0.4) is 0 Å². The van der Waals surface area contributed by atoms with Gasteiger partial charge in [0.15, 0.2) is 5.82 Å². The number of rotatable bonds is 7. The fourth-order valence-electron chi connectivity index (χ4n) is 7.76. The molecule has 0 spiro atoms. The Balaban J connectivity index is 1.35. The van der Waals surface area contributed by atoms with Crippen molar-refractivity contribution in [1.29, 1.82) is 0 Å². The minimum absolute atomic E-state index is 0.0172. The van der Waals surface area contributed by atoms with Crippen LogP contribution in [-0.2, 0) is 4.79 Å². The lowest BCUT2D eigenvalue weighted by Crippen LogP contribution is -2.43. The van der Waals surface area contributed by atoms with Gasteiger partial charge in [-0.25, -0.2) is 13.2 Å². The highest BCUT2D eigenvalue weighted by molar-refractivity contribution is 6.02. The van der Waals surface area contributed by atoms with E-state index in [1.54, 1.807) is 29.2 Å². The second-order valence-electron chi connectivity index (χ2n) is 12.9. The number of likely N-dealkylation sites (tertiary alicyclic amines) is 1. The first-order valence-electron chi connectivity index (χ1n) is 15.9. The van der Waals surface area contributed by atoms with E-state index in [1.807, 2.05) is 18.9 Å². The average molecular weight is 641 g/mol. The van der Waals surface area contributed by atoms with E-state index in [0.717, 1.165) is 19.4 Å². The number of terminal acetylenes is 1. The number of alkyl halides is 1.